The van der Waals surface area contributed by atoms with Gasteiger partial charge in [0.05, 0.1) is 23.1 Å². The fourth-order valence-electron chi connectivity index (χ4n) is 2.07. The van der Waals surface area contributed by atoms with Crippen LogP contribution in [0.2, 0.25) is 0 Å². The summed E-state index contributed by atoms with van der Waals surface area (Å²) in [7, 11) is 1.35. The standard InChI is InChI=1S/C17H18F6O5/c1-4-15(2,9-26-3)14(25)27-8-13(24)28-12-6-10(16(18,19)20)5-11(7-12)17(21,22)23/h5-7H,4,8-9H2,1-3H3. The fourth-order valence-corrected chi connectivity index (χ4v) is 2.07. The van der Waals surface area contributed by atoms with Gasteiger partial charge in [0.1, 0.15) is 5.75 Å². The maximum absolute atomic E-state index is 12.8. The monoisotopic (exact) mass is 416 g/mol. The molecule has 1 aromatic carbocycles. The van der Waals surface area contributed by atoms with Crippen LogP contribution in [0.1, 0.15) is 31.4 Å². The van der Waals surface area contributed by atoms with Crippen molar-refractivity contribution in [3.63, 3.8) is 0 Å². The molecule has 1 aromatic rings. The Hall–Kier alpha value is -2.30. The Morgan fingerprint density at radius 1 is 0.964 bits per heavy atom. The van der Waals surface area contributed by atoms with Gasteiger partial charge in [-0.05, 0) is 31.5 Å². The van der Waals surface area contributed by atoms with Crippen LogP contribution in [0.25, 0.3) is 0 Å². The number of halogens is 6. The molecule has 0 aromatic heterocycles. The lowest BCUT2D eigenvalue weighted by molar-refractivity contribution is -0.164. The average molecular weight is 416 g/mol. The largest absolute Gasteiger partial charge is 0.453 e. The molecule has 0 N–H and O–H groups in total. The van der Waals surface area contributed by atoms with E-state index in [1.54, 1.807) is 6.92 Å². The smallest absolute Gasteiger partial charge is 0.416 e. The Morgan fingerprint density at radius 3 is 1.86 bits per heavy atom. The van der Waals surface area contributed by atoms with Crippen molar-refractivity contribution < 1.29 is 50.1 Å². The highest BCUT2D eigenvalue weighted by Crippen LogP contribution is 2.38. The van der Waals surface area contributed by atoms with Gasteiger partial charge in [-0.25, -0.2) is 4.79 Å². The Labute approximate surface area is 156 Å². The van der Waals surface area contributed by atoms with E-state index < -0.39 is 53.2 Å². The summed E-state index contributed by atoms with van der Waals surface area (Å²) < 4.78 is 90.8. The first-order valence-corrected chi connectivity index (χ1v) is 7.89. The quantitative estimate of drug-likeness (QED) is 0.378. The van der Waals surface area contributed by atoms with Crippen LogP contribution in [0.4, 0.5) is 26.3 Å². The first-order chi connectivity index (χ1) is 12.7. The molecule has 0 aliphatic heterocycles. The molecular formula is C17H18F6O5. The van der Waals surface area contributed by atoms with Crippen molar-refractivity contribution >= 4 is 11.9 Å². The molecule has 0 aliphatic carbocycles. The van der Waals surface area contributed by atoms with E-state index in [1.807, 2.05) is 0 Å². The summed E-state index contributed by atoms with van der Waals surface area (Å²) in [6, 6.07) is 0.390. The Morgan fingerprint density at radius 2 is 1.46 bits per heavy atom. The van der Waals surface area contributed by atoms with Gasteiger partial charge in [0, 0.05) is 7.11 Å². The van der Waals surface area contributed by atoms with E-state index in [0.717, 1.165) is 0 Å². The number of hydrogen-bond acceptors (Lipinski definition) is 5. The summed E-state index contributed by atoms with van der Waals surface area (Å²) in [5.41, 5.74) is -4.35. The maximum Gasteiger partial charge on any atom is 0.416 e. The highest BCUT2D eigenvalue weighted by molar-refractivity contribution is 5.81. The molecule has 0 amide bonds. The minimum Gasteiger partial charge on any atom is -0.453 e. The summed E-state index contributed by atoms with van der Waals surface area (Å²) >= 11 is 0. The van der Waals surface area contributed by atoms with E-state index in [9.17, 15) is 35.9 Å². The van der Waals surface area contributed by atoms with Crippen molar-refractivity contribution in [1.82, 2.24) is 0 Å². The molecular weight excluding hydrogens is 398 g/mol. The molecule has 28 heavy (non-hydrogen) atoms. The highest BCUT2D eigenvalue weighted by atomic mass is 19.4. The number of carbonyl (C=O) groups excluding carboxylic acids is 2. The fraction of sp³-hybridized carbons (Fsp3) is 0.529. The van der Waals surface area contributed by atoms with Crippen LogP contribution in [0, 0.1) is 5.41 Å². The highest BCUT2D eigenvalue weighted by Gasteiger charge is 2.38. The van der Waals surface area contributed by atoms with Gasteiger partial charge >= 0.3 is 24.3 Å². The SMILES string of the molecule is CCC(C)(COC)C(=O)OCC(=O)Oc1cc(C(F)(F)F)cc(C(F)(F)F)c1. The topological polar surface area (TPSA) is 61.8 Å². The summed E-state index contributed by atoms with van der Waals surface area (Å²) in [5.74, 6) is -3.14. The second-order valence-corrected chi connectivity index (χ2v) is 6.14. The predicted molar refractivity (Wildman–Crippen MR) is 83.3 cm³/mol. The number of alkyl halides is 6. The lowest BCUT2D eigenvalue weighted by Crippen LogP contribution is -2.35. The molecule has 0 radical (unpaired) electrons. The maximum atomic E-state index is 12.8. The Balaban J connectivity index is 2.93. The van der Waals surface area contributed by atoms with Crippen LogP contribution in [-0.4, -0.2) is 32.3 Å². The number of hydrogen-bond donors (Lipinski definition) is 0. The van der Waals surface area contributed by atoms with Crippen molar-refractivity contribution in [1.29, 1.82) is 0 Å². The van der Waals surface area contributed by atoms with Gasteiger partial charge in [-0.15, -0.1) is 0 Å². The molecule has 0 saturated heterocycles. The number of esters is 2. The molecule has 1 rings (SSSR count). The van der Waals surface area contributed by atoms with Gasteiger partial charge in [-0.1, -0.05) is 6.92 Å². The van der Waals surface area contributed by atoms with Crippen LogP contribution in [0.5, 0.6) is 5.75 Å². The first-order valence-electron chi connectivity index (χ1n) is 7.89. The molecule has 11 heteroatoms. The second-order valence-electron chi connectivity index (χ2n) is 6.14. The second kappa shape index (κ2) is 8.80. The molecule has 5 nitrogen and oxygen atoms in total. The molecule has 158 valence electrons. The molecule has 0 heterocycles. The van der Waals surface area contributed by atoms with Crippen molar-refractivity contribution in [2.75, 3.05) is 20.3 Å². The Bertz CT molecular complexity index is 681. The van der Waals surface area contributed by atoms with Crippen LogP contribution < -0.4 is 4.74 Å². The lowest BCUT2D eigenvalue weighted by atomic mass is 9.89. The van der Waals surface area contributed by atoms with E-state index in [-0.39, 0.29) is 24.8 Å². The molecule has 0 saturated carbocycles. The first kappa shape index (κ1) is 23.7. The zero-order valence-corrected chi connectivity index (χ0v) is 15.2. The van der Waals surface area contributed by atoms with Gasteiger partial charge in [-0.2, -0.15) is 26.3 Å². The van der Waals surface area contributed by atoms with E-state index in [0.29, 0.717) is 6.42 Å². The van der Waals surface area contributed by atoms with Crippen LogP contribution in [0.3, 0.4) is 0 Å². The average Bonchev–Trinajstić information content (AvgIpc) is 2.57. The van der Waals surface area contributed by atoms with Gasteiger partial charge in [0.2, 0.25) is 0 Å². The van der Waals surface area contributed by atoms with E-state index in [2.05, 4.69) is 4.74 Å². The number of ether oxygens (including phenoxy) is 3. The summed E-state index contributed by atoms with van der Waals surface area (Å²) in [4.78, 5) is 23.7. The van der Waals surface area contributed by atoms with E-state index in [1.165, 1.54) is 14.0 Å². The number of carbonyl (C=O) groups is 2. The predicted octanol–water partition coefficient (Wildman–Crippen LogP) is 4.24. The minimum atomic E-state index is -5.09. The number of rotatable bonds is 7. The summed E-state index contributed by atoms with van der Waals surface area (Å²) in [6.07, 6.45) is -9.87. The summed E-state index contributed by atoms with van der Waals surface area (Å²) in [5, 5.41) is 0. The van der Waals surface area contributed by atoms with Crippen molar-refractivity contribution in [3.8, 4) is 5.75 Å². The molecule has 0 fully saturated rings. The third-order valence-corrected chi connectivity index (χ3v) is 3.85. The molecule has 0 bridgehead atoms. The van der Waals surface area contributed by atoms with E-state index in [4.69, 9.17) is 9.47 Å². The van der Waals surface area contributed by atoms with Crippen molar-refractivity contribution in [3.05, 3.63) is 29.3 Å². The van der Waals surface area contributed by atoms with Crippen LogP contribution in [-0.2, 0) is 31.4 Å². The summed E-state index contributed by atoms with van der Waals surface area (Å²) in [6.45, 7) is 2.17. The molecule has 0 aliphatic rings. The molecule has 0 spiro atoms. The number of benzene rings is 1. The third kappa shape index (κ3) is 6.39. The van der Waals surface area contributed by atoms with Gasteiger partial charge in [-0.3, -0.25) is 4.79 Å². The molecule has 1 atom stereocenters. The van der Waals surface area contributed by atoms with Gasteiger partial charge < -0.3 is 14.2 Å². The minimum absolute atomic E-state index is 0.0139. The van der Waals surface area contributed by atoms with Gasteiger partial charge in [0.15, 0.2) is 6.61 Å². The van der Waals surface area contributed by atoms with Crippen molar-refractivity contribution in [2.24, 2.45) is 5.41 Å². The van der Waals surface area contributed by atoms with Gasteiger partial charge in [0.25, 0.3) is 0 Å². The third-order valence-electron chi connectivity index (χ3n) is 3.85. The lowest BCUT2D eigenvalue weighted by Gasteiger charge is -2.24. The zero-order valence-electron chi connectivity index (χ0n) is 15.2. The zero-order chi connectivity index (χ0) is 21.8. The molecule has 1 unspecified atom stereocenters. The van der Waals surface area contributed by atoms with Crippen LogP contribution in [0.15, 0.2) is 18.2 Å². The number of methoxy groups -OCH3 is 1. The van der Waals surface area contributed by atoms with E-state index >= 15 is 0 Å². The Kier molecular flexibility index (Phi) is 7.46. The normalized spacial score (nSPS) is 14.3. The van der Waals surface area contributed by atoms with Crippen LogP contribution >= 0.6 is 0 Å². The van der Waals surface area contributed by atoms with Crippen molar-refractivity contribution in [2.45, 2.75) is 32.6 Å².